The topological polar surface area (TPSA) is 15.8 Å². The zero-order valence-electron chi connectivity index (χ0n) is 6.39. The number of hydrogen-bond donors (Lipinski definition) is 1. The molecule has 2 heteroatoms. The van der Waals surface area contributed by atoms with Crippen molar-refractivity contribution >= 4 is 25.4 Å². The maximum atomic E-state index is 3.21. The summed E-state index contributed by atoms with van der Waals surface area (Å²) in [5, 5.41) is 2.55. The van der Waals surface area contributed by atoms with E-state index in [1.807, 2.05) is 6.20 Å². The summed E-state index contributed by atoms with van der Waals surface area (Å²) in [5.41, 5.74) is 2.53. The zero-order chi connectivity index (χ0) is 7.84. The fourth-order valence-corrected chi connectivity index (χ4v) is 1.54. The highest BCUT2D eigenvalue weighted by atomic mass is 31.0. The van der Waals surface area contributed by atoms with E-state index in [1.165, 1.54) is 21.8 Å². The summed E-state index contributed by atoms with van der Waals surface area (Å²) in [5.74, 6) is 0. The molecule has 1 unspecified atom stereocenters. The Hall–Kier alpha value is -0.810. The fourth-order valence-electron chi connectivity index (χ4n) is 1.28. The number of aryl methyl sites for hydroxylation is 1. The standard InChI is InChI=1S/C9H10NP/c1-6-5-10-9-3-2-7(11)4-8(6)9/h2-5,10H,11H2,1H3. The first kappa shape index (κ1) is 6.87. The van der Waals surface area contributed by atoms with Gasteiger partial charge in [0.2, 0.25) is 0 Å². The molecule has 0 bridgehead atoms. The number of aromatic nitrogens is 1. The summed E-state index contributed by atoms with van der Waals surface area (Å²) in [6.45, 7) is 2.11. The second-order valence-electron chi connectivity index (χ2n) is 2.78. The summed E-state index contributed by atoms with van der Waals surface area (Å²) >= 11 is 0. The molecular weight excluding hydrogens is 153 g/mol. The van der Waals surface area contributed by atoms with Crippen LogP contribution in [-0.4, -0.2) is 4.98 Å². The molecular formula is C9H10NP. The second-order valence-corrected chi connectivity index (χ2v) is 3.44. The van der Waals surface area contributed by atoms with Crippen molar-refractivity contribution in [3.05, 3.63) is 30.0 Å². The second kappa shape index (κ2) is 2.35. The van der Waals surface area contributed by atoms with Gasteiger partial charge in [-0.3, -0.25) is 0 Å². The van der Waals surface area contributed by atoms with Crippen molar-refractivity contribution in [1.29, 1.82) is 0 Å². The fraction of sp³-hybridized carbons (Fsp3) is 0.111. The van der Waals surface area contributed by atoms with E-state index in [-0.39, 0.29) is 0 Å². The Labute approximate surface area is 68.0 Å². The summed E-state index contributed by atoms with van der Waals surface area (Å²) in [4.78, 5) is 3.21. The van der Waals surface area contributed by atoms with Crippen molar-refractivity contribution in [1.82, 2.24) is 4.98 Å². The summed E-state index contributed by atoms with van der Waals surface area (Å²) in [6.07, 6.45) is 2.04. The lowest BCUT2D eigenvalue weighted by molar-refractivity contribution is 1.43. The van der Waals surface area contributed by atoms with Gasteiger partial charge in [-0.1, -0.05) is 6.07 Å². The van der Waals surface area contributed by atoms with E-state index >= 15 is 0 Å². The van der Waals surface area contributed by atoms with Gasteiger partial charge in [0, 0.05) is 17.1 Å². The Kier molecular flexibility index (Phi) is 1.47. The zero-order valence-corrected chi connectivity index (χ0v) is 7.54. The minimum Gasteiger partial charge on any atom is -0.361 e. The lowest BCUT2D eigenvalue weighted by Gasteiger charge is -1.92. The van der Waals surface area contributed by atoms with Crippen LogP contribution in [0, 0.1) is 6.92 Å². The number of aromatic amines is 1. The predicted molar refractivity (Wildman–Crippen MR) is 52.4 cm³/mol. The quantitative estimate of drug-likeness (QED) is 0.571. The molecule has 1 nitrogen and oxygen atoms in total. The lowest BCUT2D eigenvalue weighted by Crippen LogP contribution is -1.86. The molecule has 2 aromatic rings. The molecule has 0 aliphatic heterocycles. The molecule has 56 valence electrons. The Morgan fingerprint density at radius 1 is 1.36 bits per heavy atom. The van der Waals surface area contributed by atoms with Crippen molar-refractivity contribution in [3.8, 4) is 0 Å². The molecule has 1 N–H and O–H groups in total. The highest BCUT2D eigenvalue weighted by Crippen LogP contribution is 2.15. The van der Waals surface area contributed by atoms with E-state index in [9.17, 15) is 0 Å². The molecule has 2 rings (SSSR count). The minimum atomic E-state index is 1.22. The predicted octanol–water partition coefficient (Wildman–Crippen LogP) is 1.98. The number of benzene rings is 1. The van der Waals surface area contributed by atoms with Crippen molar-refractivity contribution < 1.29 is 0 Å². The first-order valence-electron chi connectivity index (χ1n) is 3.60. The average molecular weight is 163 g/mol. The number of nitrogens with one attached hydrogen (secondary N) is 1. The molecule has 1 heterocycles. The van der Waals surface area contributed by atoms with Gasteiger partial charge >= 0.3 is 0 Å². The lowest BCUT2D eigenvalue weighted by atomic mass is 10.2. The largest absolute Gasteiger partial charge is 0.361 e. The van der Waals surface area contributed by atoms with Crippen LogP contribution in [0.2, 0.25) is 0 Å². The van der Waals surface area contributed by atoms with Crippen LogP contribution < -0.4 is 5.30 Å². The van der Waals surface area contributed by atoms with Crippen LogP contribution in [0.15, 0.2) is 24.4 Å². The Bertz CT molecular complexity index is 389. The Balaban J connectivity index is 2.87. The van der Waals surface area contributed by atoms with Crippen LogP contribution in [0.25, 0.3) is 10.9 Å². The van der Waals surface area contributed by atoms with Crippen molar-refractivity contribution in [2.45, 2.75) is 6.92 Å². The van der Waals surface area contributed by atoms with Crippen LogP contribution >= 0.6 is 9.24 Å². The van der Waals surface area contributed by atoms with E-state index in [0.29, 0.717) is 0 Å². The van der Waals surface area contributed by atoms with Gasteiger partial charge in [-0.25, -0.2) is 0 Å². The van der Waals surface area contributed by atoms with E-state index in [1.54, 1.807) is 0 Å². The first-order valence-corrected chi connectivity index (χ1v) is 4.18. The molecule has 1 aromatic heterocycles. The third kappa shape index (κ3) is 1.06. The maximum absolute atomic E-state index is 3.21. The number of fused-ring (bicyclic) bond motifs is 1. The van der Waals surface area contributed by atoms with Gasteiger partial charge < -0.3 is 4.98 Å². The van der Waals surface area contributed by atoms with Crippen LogP contribution in [0.1, 0.15) is 5.56 Å². The van der Waals surface area contributed by atoms with Gasteiger partial charge in [0.25, 0.3) is 0 Å². The molecule has 0 fully saturated rings. The third-order valence-corrected chi connectivity index (χ3v) is 2.27. The molecule has 0 spiro atoms. The van der Waals surface area contributed by atoms with Gasteiger partial charge in [0.05, 0.1) is 0 Å². The van der Waals surface area contributed by atoms with Crippen molar-refractivity contribution in [2.24, 2.45) is 0 Å². The number of hydrogen-bond acceptors (Lipinski definition) is 0. The molecule has 0 aliphatic rings. The molecule has 0 saturated carbocycles. The van der Waals surface area contributed by atoms with Crippen molar-refractivity contribution in [2.75, 3.05) is 0 Å². The highest BCUT2D eigenvalue weighted by Gasteiger charge is 1.97. The first-order chi connectivity index (χ1) is 5.27. The average Bonchev–Trinajstić information content (AvgIpc) is 2.33. The van der Waals surface area contributed by atoms with Crippen LogP contribution in [-0.2, 0) is 0 Å². The highest BCUT2D eigenvalue weighted by molar-refractivity contribution is 7.27. The van der Waals surface area contributed by atoms with E-state index in [4.69, 9.17) is 0 Å². The normalized spacial score (nSPS) is 10.7. The molecule has 1 atom stereocenters. The third-order valence-electron chi connectivity index (χ3n) is 1.91. The molecule has 1 aromatic carbocycles. The monoisotopic (exact) mass is 163 g/mol. The van der Waals surface area contributed by atoms with Crippen LogP contribution in [0.4, 0.5) is 0 Å². The Morgan fingerprint density at radius 3 is 3.00 bits per heavy atom. The molecule has 11 heavy (non-hydrogen) atoms. The maximum Gasteiger partial charge on any atom is 0.0457 e. The molecule has 0 radical (unpaired) electrons. The van der Waals surface area contributed by atoms with Gasteiger partial charge in [-0.05, 0) is 29.9 Å². The smallest absolute Gasteiger partial charge is 0.0457 e. The van der Waals surface area contributed by atoms with E-state index in [2.05, 4.69) is 39.3 Å². The minimum absolute atomic E-state index is 1.22. The van der Waals surface area contributed by atoms with Gasteiger partial charge in [-0.2, -0.15) is 0 Å². The van der Waals surface area contributed by atoms with Gasteiger partial charge in [0.1, 0.15) is 0 Å². The summed E-state index contributed by atoms with van der Waals surface area (Å²) < 4.78 is 0. The van der Waals surface area contributed by atoms with E-state index < -0.39 is 0 Å². The van der Waals surface area contributed by atoms with Crippen LogP contribution in [0.5, 0.6) is 0 Å². The van der Waals surface area contributed by atoms with Gasteiger partial charge in [-0.15, -0.1) is 9.24 Å². The SMILES string of the molecule is Cc1c[nH]c2ccc(P)cc12. The number of H-pyrrole nitrogens is 1. The summed E-state index contributed by atoms with van der Waals surface area (Å²) in [6, 6.07) is 6.36. The van der Waals surface area contributed by atoms with Gasteiger partial charge in [0.15, 0.2) is 0 Å². The summed E-state index contributed by atoms with van der Waals surface area (Å²) in [7, 11) is 2.70. The van der Waals surface area contributed by atoms with E-state index in [0.717, 1.165) is 0 Å². The molecule has 0 saturated heterocycles. The molecule has 0 aliphatic carbocycles. The van der Waals surface area contributed by atoms with Crippen molar-refractivity contribution in [3.63, 3.8) is 0 Å². The molecule has 0 amide bonds. The number of rotatable bonds is 0. The van der Waals surface area contributed by atoms with Crippen LogP contribution in [0.3, 0.4) is 0 Å². The Morgan fingerprint density at radius 2 is 2.18 bits per heavy atom.